The summed E-state index contributed by atoms with van der Waals surface area (Å²) in [5.74, 6) is 0.298. The zero-order valence-corrected chi connectivity index (χ0v) is 11.7. The van der Waals surface area contributed by atoms with Crippen molar-refractivity contribution < 1.29 is 14.2 Å². The highest BCUT2D eigenvalue weighted by Crippen LogP contribution is 2.32. The molecule has 104 valence electrons. The number of hydrogen-bond acceptors (Lipinski definition) is 3. The molecule has 0 aliphatic heterocycles. The SMILES string of the molecule is CC(C)Oc1cc(-c2cccc[n+]2C)ccc1[N+](=O)[O-]. The van der Waals surface area contributed by atoms with Crippen molar-refractivity contribution in [1.29, 1.82) is 0 Å². The van der Waals surface area contributed by atoms with Gasteiger partial charge in [0.1, 0.15) is 7.05 Å². The van der Waals surface area contributed by atoms with Gasteiger partial charge in [0.25, 0.3) is 0 Å². The number of nitro groups is 1. The summed E-state index contributed by atoms with van der Waals surface area (Å²) in [6.45, 7) is 3.69. The van der Waals surface area contributed by atoms with E-state index in [1.54, 1.807) is 12.1 Å². The van der Waals surface area contributed by atoms with Gasteiger partial charge in [-0.1, -0.05) is 0 Å². The van der Waals surface area contributed by atoms with E-state index in [0.29, 0.717) is 5.75 Å². The van der Waals surface area contributed by atoms with Crippen LogP contribution >= 0.6 is 0 Å². The summed E-state index contributed by atoms with van der Waals surface area (Å²) >= 11 is 0. The Morgan fingerprint density at radius 3 is 2.60 bits per heavy atom. The molecule has 0 atom stereocenters. The summed E-state index contributed by atoms with van der Waals surface area (Å²) in [5.41, 5.74) is 1.84. The minimum absolute atomic E-state index is 0.0129. The van der Waals surface area contributed by atoms with Crippen molar-refractivity contribution in [3.05, 3.63) is 52.7 Å². The molecule has 0 amide bonds. The number of nitro benzene ring substituents is 1. The normalized spacial score (nSPS) is 10.6. The first-order valence-corrected chi connectivity index (χ1v) is 6.39. The topological polar surface area (TPSA) is 56.2 Å². The molecule has 0 bridgehead atoms. The number of aryl methyl sites for hydroxylation is 1. The van der Waals surface area contributed by atoms with Crippen LogP contribution < -0.4 is 9.30 Å². The first kappa shape index (κ1) is 14.0. The minimum atomic E-state index is -0.424. The van der Waals surface area contributed by atoms with Crippen molar-refractivity contribution in [2.24, 2.45) is 7.05 Å². The maximum Gasteiger partial charge on any atom is 0.310 e. The Hall–Kier alpha value is -2.43. The van der Waals surface area contributed by atoms with Crippen LogP contribution in [0.3, 0.4) is 0 Å². The molecule has 0 spiro atoms. The van der Waals surface area contributed by atoms with Gasteiger partial charge in [0.05, 0.1) is 16.6 Å². The van der Waals surface area contributed by atoms with Crippen molar-refractivity contribution in [3.8, 4) is 17.0 Å². The van der Waals surface area contributed by atoms with E-state index in [1.807, 2.05) is 49.9 Å². The van der Waals surface area contributed by atoms with Crippen LogP contribution in [0.2, 0.25) is 0 Å². The van der Waals surface area contributed by atoms with Crippen LogP contribution in [-0.4, -0.2) is 11.0 Å². The van der Waals surface area contributed by atoms with Crippen LogP contribution in [0, 0.1) is 10.1 Å². The molecule has 20 heavy (non-hydrogen) atoms. The monoisotopic (exact) mass is 273 g/mol. The summed E-state index contributed by atoms with van der Waals surface area (Å²) in [6, 6.07) is 10.8. The molecule has 1 heterocycles. The second kappa shape index (κ2) is 5.69. The average Bonchev–Trinajstić information content (AvgIpc) is 2.38. The highest BCUT2D eigenvalue weighted by Gasteiger charge is 2.19. The standard InChI is InChI=1S/C15H17N2O3/c1-11(2)20-15-10-12(7-8-14(15)17(18)19)13-6-4-5-9-16(13)3/h4-11H,1-3H3/q+1. The van der Waals surface area contributed by atoms with Crippen LogP contribution in [0.4, 0.5) is 5.69 Å². The number of hydrogen-bond donors (Lipinski definition) is 0. The highest BCUT2D eigenvalue weighted by atomic mass is 16.6. The van der Waals surface area contributed by atoms with Crippen molar-refractivity contribution in [2.75, 3.05) is 0 Å². The van der Waals surface area contributed by atoms with Gasteiger partial charge in [-0.05, 0) is 26.0 Å². The van der Waals surface area contributed by atoms with E-state index in [-0.39, 0.29) is 11.8 Å². The first-order valence-electron chi connectivity index (χ1n) is 6.39. The smallest absolute Gasteiger partial charge is 0.310 e. The Kier molecular flexibility index (Phi) is 3.98. The Morgan fingerprint density at radius 1 is 1.25 bits per heavy atom. The molecule has 0 saturated carbocycles. The largest absolute Gasteiger partial charge is 0.484 e. The van der Waals surface area contributed by atoms with E-state index in [1.165, 1.54) is 6.07 Å². The Labute approximate surface area is 117 Å². The third-order valence-electron chi connectivity index (χ3n) is 2.87. The molecule has 0 N–H and O–H groups in total. The molecule has 0 fully saturated rings. The molecule has 0 unspecified atom stereocenters. The molecule has 0 saturated heterocycles. The first-order chi connectivity index (χ1) is 9.49. The van der Waals surface area contributed by atoms with Crippen LogP contribution in [-0.2, 0) is 7.05 Å². The molecule has 5 nitrogen and oxygen atoms in total. The molecule has 1 aromatic carbocycles. The minimum Gasteiger partial charge on any atom is -0.484 e. The number of pyridine rings is 1. The van der Waals surface area contributed by atoms with Gasteiger partial charge < -0.3 is 4.74 Å². The van der Waals surface area contributed by atoms with Crippen molar-refractivity contribution in [3.63, 3.8) is 0 Å². The fourth-order valence-electron chi connectivity index (χ4n) is 2.00. The van der Waals surface area contributed by atoms with Crippen LogP contribution in [0.15, 0.2) is 42.6 Å². The van der Waals surface area contributed by atoms with Crippen LogP contribution in [0.25, 0.3) is 11.3 Å². The zero-order valence-electron chi connectivity index (χ0n) is 11.7. The summed E-state index contributed by atoms with van der Waals surface area (Å²) in [4.78, 5) is 10.6. The van der Waals surface area contributed by atoms with Crippen molar-refractivity contribution >= 4 is 5.69 Å². The average molecular weight is 273 g/mol. The van der Waals surface area contributed by atoms with E-state index < -0.39 is 4.92 Å². The number of aromatic nitrogens is 1. The van der Waals surface area contributed by atoms with Gasteiger partial charge in [-0.15, -0.1) is 0 Å². The third kappa shape index (κ3) is 2.93. The molecular formula is C15H17N2O3+. The van der Waals surface area contributed by atoms with Crippen LogP contribution in [0.1, 0.15) is 13.8 Å². The van der Waals surface area contributed by atoms with Gasteiger partial charge in [-0.25, -0.2) is 4.57 Å². The number of nitrogens with zero attached hydrogens (tertiary/aromatic N) is 2. The molecule has 5 heteroatoms. The lowest BCUT2D eigenvalue weighted by Crippen LogP contribution is -2.29. The Morgan fingerprint density at radius 2 is 2.00 bits per heavy atom. The molecule has 0 radical (unpaired) electrons. The highest BCUT2D eigenvalue weighted by molar-refractivity contribution is 5.63. The molecule has 1 aromatic heterocycles. The van der Waals surface area contributed by atoms with Crippen molar-refractivity contribution in [1.82, 2.24) is 0 Å². The Bertz CT molecular complexity index is 639. The van der Waals surface area contributed by atoms with Gasteiger partial charge in [0.2, 0.25) is 5.69 Å². The van der Waals surface area contributed by atoms with E-state index in [9.17, 15) is 10.1 Å². The van der Waals surface area contributed by atoms with Crippen molar-refractivity contribution in [2.45, 2.75) is 20.0 Å². The summed E-state index contributed by atoms with van der Waals surface area (Å²) in [7, 11) is 1.93. The third-order valence-corrected chi connectivity index (χ3v) is 2.87. The molecule has 0 aliphatic carbocycles. The molecular weight excluding hydrogens is 256 g/mol. The fraction of sp³-hybridized carbons (Fsp3) is 0.267. The van der Waals surface area contributed by atoms with Gasteiger partial charge in [0.15, 0.2) is 11.9 Å². The van der Waals surface area contributed by atoms with Gasteiger partial charge in [-0.2, -0.15) is 0 Å². The van der Waals surface area contributed by atoms with E-state index >= 15 is 0 Å². The van der Waals surface area contributed by atoms with Gasteiger partial charge in [0, 0.05) is 24.3 Å². The maximum atomic E-state index is 11.0. The Balaban J connectivity index is 2.52. The lowest BCUT2D eigenvalue weighted by atomic mass is 10.1. The maximum absolute atomic E-state index is 11.0. The summed E-state index contributed by atoms with van der Waals surface area (Å²) in [6.07, 6.45) is 1.81. The van der Waals surface area contributed by atoms with E-state index in [2.05, 4.69) is 0 Å². The zero-order chi connectivity index (χ0) is 14.7. The van der Waals surface area contributed by atoms with E-state index in [4.69, 9.17) is 4.74 Å². The van der Waals surface area contributed by atoms with Gasteiger partial charge >= 0.3 is 5.69 Å². The molecule has 0 aliphatic rings. The summed E-state index contributed by atoms with van der Waals surface area (Å²) in [5, 5.41) is 11.0. The van der Waals surface area contributed by atoms with Crippen LogP contribution in [0.5, 0.6) is 5.75 Å². The lowest BCUT2D eigenvalue weighted by Gasteiger charge is -2.10. The predicted molar refractivity (Wildman–Crippen MR) is 75.5 cm³/mol. The van der Waals surface area contributed by atoms with E-state index in [0.717, 1.165) is 11.3 Å². The number of ether oxygens (including phenoxy) is 1. The second-order valence-corrected chi connectivity index (χ2v) is 4.80. The lowest BCUT2D eigenvalue weighted by molar-refractivity contribution is -0.660. The predicted octanol–water partition coefficient (Wildman–Crippen LogP) is 2.87. The summed E-state index contributed by atoms with van der Waals surface area (Å²) < 4.78 is 7.52. The number of benzene rings is 1. The van der Waals surface area contributed by atoms with Gasteiger partial charge in [-0.3, -0.25) is 10.1 Å². The second-order valence-electron chi connectivity index (χ2n) is 4.80. The molecule has 2 aromatic rings. The quantitative estimate of drug-likeness (QED) is 0.489. The number of rotatable bonds is 4. The molecule has 2 rings (SSSR count). The fourth-order valence-corrected chi connectivity index (χ4v) is 2.00.